The third-order valence-corrected chi connectivity index (χ3v) is 5.77. The molecule has 8 nitrogen and oxygen atoms in total. The van der Waals surface area contributed by atoms with Crippen LogP contribution >= 0.6 is 23.4 Å². The molecule has 0 unspecified atom stereocenters. The molecule has 3 aromatic heterocycles. The smallest absolute Gasteiger partial charge is 0.252 e. The van der Waals surface area contributed by atoms with Gasteiger partial charge in [-0.25, -0.2) is 24.9 Å². The van der Waals surface area contributed by atoms with Gasteiger partial charge >= 0.3 is 0 Å². The SMILES string of the molecule is O=c1cc(CSc2ncccn2)nc(Nc2nc(-c3ccccc3)c3cc(Cl)ccc3n2)[nH]1. The second kappa shape index (κ2) is 9.35. The van der Waals surface area contributed by atoms with E-state index in [-0.39, 0.29) is 11.5 Å². The van der Waals surface area contributed by atoms with Gasteiger partial charge in [-0.1, -0.05) is 53.7 Å². The average molecular weight is 474 g/mol. The molecule has 5 aromatic rings. The Morgan fingerprint density at radius 1 is 0.939 bits per heavy atom. The number of benzene rings is 2. The number of nitrogens with one attached hydrogen (secondary N) is 2. The van der Waals surface area contributed by atoms with Crippen LogP contribution in [0, 0.1) is 0 Å². The number of anilines is 2. The van der Waals surface area contributed by atoms with Gasteiger partial charge in [-0.15, -0.1) is 0 Å². The fourth-order valence-corrected chi connectivity index (χ4v) is 4.09. The van der Waals surface area contributed by atoms with Crippen molar-refractivity contribution >= 4 is 46.2 Å². The molecule has 0 amide bonds. The average Bonchev–Trinajstić information content (AvgIpc) is 2.83. The maximum absolute atomic E-state index is 12.2. The Morgan fingerprint density at radius 3 is 2.58 bits per heavy atom. The highest BCUT2D eigenvalue weighted by Gasteiger charge is 2.12. The Bertz CT molecular complexity index is 1480. The number of hydrogen-bond acceptors (Lipinski definition) is 8. The molecule has 0 fully saturated rings. The molecule has 10 heteroatoms. The predicted octanol–water partition coefficient (Wildman–Crippen LogP) is 4.86. The van der Waals surface area contributed by atoms with Crippen LogP contribution in [0.5, 0.6) is 0 Å². The van der Waals surface area contributed by atoms with Crippen molar-refractivity contribution in [3.63, 3.8) is 0 Å². The molecule has 0 aliphatic rings. The van der Waals surface area contributed by atoms with Crippen LogP contribution in [0.4, 0.5) is 11.9 Å². The van der Waals surface area contributed by atoms with Crippen LogP contribution in [0.1, 0.15) is 5.69 Å². The predicted molar refractivity (Wildman–Crippen MR) is 130 cm³/mol. The van der Waals surface area contributed by atoms with E-state index in [2.05, 4.69) is 30.2 Å². The molecule has 0 aliphatic carbocycles. The fourth-order valence-electron chi connectivity index (χ4n) is 3.22. The second-order valence-corrected chi connectivity index (χ2v) is 8.33. The highest BCUT2D eigenvalue weighted by atomic mass is 35.5. The van der Waals surface area contributed by atoms with Gasteiger partial charge < -0.3 is 0 Å². The summed E-state index contributed by atoms with van der Waals surface area (Å²) < 4.78 is 0. The quantitative estimate of drug-likeness (QED) is 0.266. The standard InChI is InChI=1S/C23H16ClN7OS/c24-15-7-8-18-17(11-15)20(14-5-2-1-3-6-14)30-22(28-18)31-21-27-16(12-19(32)29-21)13-33-23-25-9-4-10-26-23/h1-12H,13H2,(H2,27,28,29,30,31,32). The molecule has 33 heavy (non-hydrogen) atoms. The molecular weight excluding hydrogens is 458 g/mol. The molecule has 5 rings (SSSR count). The molecule has 2 aromatic carbocycles. The van der Waals surface area contributed by atoms with Gasteiger partial charge in [0.15, 0.2) is 5.16 Å². The van der Waals surface area contributed by atoms with Crippen molar-refractivity contribution in [1.82, 2.24) is 29.9 Å². The zero-order valence-corrected chi connectivity index (χ0v) is 18.6. The molecule has 0 bridgehead atoms. The van der Waals surface area contributed by atoms with E-state index in [1.165, 1.54) is 17.8 Å². The van der Waals surface area contributed by atoms with Gasteiger partial charge in [-0.05, 0) is 24.3 Å². The molecule has 0 aliphatic heterocycles. The highest BCUT2D eigenvalue weighted by molar-refractivity contribution is 7.98. The van der Waals surface area contributed by atoms with Crippen molar-refractivity contribution in [2.45, 2.75) is 10.9 Å². The molecule has 162 valence electrons. The van der Waals surface area contributed by atoms with Crippen LogP contribution in [0.2, 0.25) is 5.02 Å². The molecule has 0 spiro atoms. The lowest BCUT2D eigenvalue weighted by Crippen LogP contribution is -2.13. The molecular formula is C23H16ClN7OS. The van der Waals surface area contributed by atoms with Crippen LogP contribution in [-0.4, -0.2) is 29.9 Å². The number of aromatic nitrogens is 6. The van der Waals surface area contributed by atoms with Gasteiger partial charge in [-0.2, -0.15) is 0 Å². The van der Waals surface area contributed by atoms with Gasteiger partial charge in [0.1, 0.15) is 0 Å². The monoisotopic (exact) mass is 473 g/mol. The summed E-state index contributed by atoms with van der Waals surface area (Å²) in [4.78, 5) is 37.0. The Morgan fingerprint density at radius 2 is 1.76 bits per heavy atom. The number of rotatable bonds is 6. The first kappa shape index (κ1) is 21.0. The number of halogens is 1. The molecule has 0 atom stereocenters. The van der Waals surface area contributed by atoms with Crippen LogP contribution in [0.25, 0.3) is 22.2 Å². The van der Waals surface area contributed by atoms with E-state index in [9.17, 15) is 4.79 Å². The minimum Gasteiger partial charge on any atom is -0.294 e. The van der Waals surface area contributed by atoms with Crippen molar-refractivity contribution in [3.05, 3.63) is 94.1 Å². The van der Waals surface area contributed by atoms with Gasteiger partial charge in [-0.3, -0.25) is 15.1 Å². The normalized spacial score (nSPS) is 10.9. The van der Waals surface area contributed by atoms with Crippen molar-refractivity contribution in [3.8, 4) is 11.3 Å². The zero-order valence-electron chi connectivity index (χ0n) is 17.1. The van der Waals surface area contributed by atoms with Gasteiger partial charge in [0, 0.05) is 40.2 Å². The lowest BCUT2D eigenvalue weighted by molar-refractivity contribution is 0.962. The van der Waals surface area contributed by atoms with E-state index in [0.29, 0.717) is 33.1 Å². The van der Waals surface area contributed by atoms with E-state index in [0.717, 1.165) is 16.6 Å². The summed E-state index contributed by atoms with van der Waals surface area (Å²) in [5.41, 5.74) is 2.65. The number of hydrogen-bond donors (Lipinski definition) is 2. The topological polar surface area (TPSA) is 109 Å². The lowest BCUT2D eigenvalue weighted by atomic mass is 10.1. The van der Waals surface area contributed by atoms with E-state index < -0.39 is 0 Å². The first-order chi connectivity index (χ1) is 16.1. The molecule has 0 radical (unpaired) electrons. The Labute approximate surface area is 197 Å². The van der Waals surface area contributed by atoms with Gasteiger partial charge in [0.05, 0.1) is 16.9 Å². The number of aromatic amines is 1. The summed E-state index contributed by atoms with van der Waals surface area (Å²) in [6.07, 6.45) is 3.34. The van der Waals surface area contributed by atoms with Crippen LogP contribution in [-0.2, 0) is 5.75 Å². The number of thioether (sulfide) groups is 1. The van der Waals surface area contributed by atoms with Crippen molar-refractivity contribution in [1.29, 1.82) is 0 Å². The van der Waals surface area contributed by atoms with Gasteiger partial charge in [0.2, 0.25) is 11.9 Å². The lowest BCUT2D eigenvalue weighted by Gasteiger charge is -2.11. The minimum atomic E-state index is -0.284. The summed E-state index contributed by atoms with van der Waals surface area (Å²) in [5.74, 6) is 0.997. The summed E-state index contributed by atoms with van der Waals surface area (Å²) in [7, 11) is 0. The Kier molecular flexibility index (Phi) is 5.97. The van der Waals surface area contributed by atoms with E-state index in [1.807, 2.05) is 42.5 Å². The maximum atomic E-state index is 12.2. The third kappa shape index (κ3) is 5.00. The van der Waals surface area contributed by atoms with Crippen LogP contribution in [0.3, 0.4) is 0 Å². The summed E-state index contributed by atoms with van der Waals surface area (Å²) >= 11 is 7.62. The summed E-state index contributed by atoms with van der Waals surface area (Å²) in [6, 6.07) is 18.4. The van der Waals surface area contributed by atoms with E-state index >= 15 is 0 Å². The summed E-state index contributed by atoms with van der Waals surface area (Å²) in [6.45, 7) is 0. The van der Waals surface area contributed by atoms with Crippen LogP contribution < -0.4 is 10.9 Å². The third-order valence-electron chi connectivity index (χ3n) is 4.62. The van der Waals surface area contributed by atoms with Crippen molar-refractivity contribution in [2.75, 3.05) is 5.32 Å². The number of nitrogens with zero attached hydrogens (tertiary/aromatic N) is 5. The van der Waals surface area contributed by atoms with Crippen LogP contribution in [0.15, 0.2) is 83.0 Å². The zero-order chi connectivity index (χ0) is 22.6. The number of fused-ring (bicyclic) bond motifs is 1. The summed E-state index contributed by atoms with van der Waals surface area (Å²) in [5, 5.41) is 5.07. The highest BCUT2D eigenvalue weighted by Crippen LogP contribution is 2.29. The largest absolute Gasteiger partial charge is 0.294 e. The number of H-pyrrole nitrogens is 1. The molecule has 2 N–H and O–H groups in total. The Hall–Kier alpha value is -3.82. The first-order valence-electron chi connectivity index (χ1n) is 9.94. The van der Waals surface area contributed by atoms with Crippen molar-refractivity contribution < 1.29 is 0 Å². The van der Waals surface area contributed by atoms with Crippen molar-refractivity contribution in [2.24, 2.45) is 0 Å². The Balaban J connectivity index is 1.48. The molecule has 0 saturated heterocycles. The second-order valence-electron chi connectivity index (χ2n) is 6.95. The van der Waals surface area contributed by atoms with E-state index in [4.69, 9.17) is 16.6 Å². The maximum Gasteiger partial charge on any atom is 0.252 e. The molecule has 0 saturated carbocycles. The fraction of sp³-hybridized carbons (Fsp3) is 0.0435. The minimum absolute atomic E-state index is 0.249. The van der Waals surface area contributed by atoms with E-state index in [1.54, 1.807) is 24.5 Å². The van der Waals surface area contributed by atoms with Gasteiger partial charge in [0.25, 0.3) is 5.56 Å². The molecule has 3 heterocycles. The first-order valence-corrected chi connectivity index (χ1v) is 11.3.